The molecule has 0 saturated heterocycles. The van der Waals surface area contributed by atoms with Gasteiger partial charge in [0.2, 0.25) is 0 Å². The molecular formula is C12H10BrClO. The third-order valence-electron chi connectivity index (χ3n) is 2.07. The summed E-state index contributed by atoms with van der Waals surface area (Å²) in [6.07, 6.45) is 0. The smallest absolute Gasteiger partial charge is 0.169 e. The highest BCUT2D eigenvalue weighted by Gasteiger charge is 2.01. The highest BCUT2D eigenvalue weighted by molar-refractivity contribution is 9.10. The molecular weight excluding hydrogens is 275 g/mol. The predicted octanol–water partition coefficient (Wildman–Crippen LogP) is 4.57. The molecule has 1 unspecified atom stereocenters. The average Bonchev–Trinajstić information content (AvgIpc) is 2.17. The lowest BCUT2D eigenvalue weighted by molar-refractivity contribution is 0.301. The van der Waals surface area contributed by atoms with E-state index in [9.17, 15) is 0 Å². The fourth-order valence-corrected chi connectivity index (χ4v) is 1.94. The second kappa shape index (κ2) is 4.42. The fraction of sp³-hybridized carbons (Fsp3) is 0.167. The molecule has 0 aliphatic carbocycles. The van der Waals surface area contributed by atoms with Gasteiger partial charge < -0.3 is 4.74 Å². The maximum Gasteiger partial charge on any atom is 0.169 e. The summed E-state index contributed by atoms with van der Waals surface area (Å²) in [5.41, 5.74) is -0.308. The number of ether oxygens (including phenoxy) is 1. The molecule has 0 aliphatic rings. The van der Waals surface area contributed by atoms with Crippen LogP contribution in [0.3, 0.4) is 0 Å². The van der Waals surface area contributed by atoms with Gasteiger partial charge in [-0.15, -0.1) is 0 Å². The Morgan fingerprint density at radius 2 is 1.80 bits per heavy atom. The molecule has 0 aromatic heterocycles. The van der Waals surface area contributed by atoms with Crippen molar-refractivity contribution in [1.29, 1.82) is 0 Å². The Labute approximate surface area is 102 Å². The Kier molecular flexibility index (Phi) is 3.17. The van der Waals surface area contributed by atoms with Crippen LogP contribution < -0.4 is 4.74 Å². The summed E-state index contributed by atoms with van der Waals surface area (Å²) < 4.78 is 6.48. The summed E-state index contributed by atoms with van der Waals surface area (Å²) in [7, 11) is 0. The van der Waals surface area contributed by atoms with Crippen molar-refractivity contribution in [3.63, 3.8) is 0 Å². The van der Waals surface area contributed by atoms with E-state index in [1.807, 2.05) is 30.3 Å². The summed E-state index contributed by atoms with van der Waals surface area (Å²) in [5, 5.41) is 2.33. The van der Waals surface area contributed by atoms with Gasteiger partial charge in [0, 0.05) is 4.47 Å². The number of hydrogen-bond donors (Lipinski definition) is 0. The van der Waals surface area contributed by atoms with Crippen LogP contribution in [0.25, 0.3) is 10.8 Å². The van der Waals surface area contributed by atoms with Crippen LogP contribution in [-0.4, -0.2) is 5.56 Å². The SMILES string of the molecule is CC(Cl)Oc1ccc2cc(Br)ccc2c1. The first-order chi connectivity index (χ1) is 7.15. The van der Waals surface area contributed by atoms with E-state index in [2.05, 4.69) is 22.0 Å². The van der Waals surface area contributed by atoms with E-state index in [4.69, 9.17) is 16.3 Å². The van der Waals surface area contributed by atoms with E-state index in [1.54, 1.807) is 6.92 Å². The monoisotopic (exact) mass is 284 g/mol. The minimum Gasteiger partial charge on any atom is -0.475 e. The minimum absolute atomic E-state index is 0.308. The normalized spacial score (nSPS) is 12.7. The maximum absolute atomic E-state index is 5.76. The van der Waals surface area contributed by atoms with Crippen LogP contribution in [0.5, 0.6) is 5.75 Å². The van der Waals surface area contributed by atoms with Gasteiger partial charge in [0.05, 0.1) is 0 Å². The first kappa shape index (κ1) is 10.8. The topological polar surface area (TPSA) is 9.23 Å². The van der Waals surface area contributed by atoms with Crippen molar-refractivity contribution in [2.45, 2.75) is 12.5 Å². The third kappa shape index (κ3) is 2.64. The number of halogens is 2. The van der Waals surface area contributed by atoms with Crippen molar-refractivity contribution < 1.29 is 4.74 Å². The van der Waals surface area contributed by atoms with Crippen LogP contribution in [0.1, 0.15) is 6.92 Å². The number of benzene rings is 2. The lowest BCUT2D eigenvalue weighted by Gasteiger charge is -2.08. The summed E-state index contributed by atoms with van der Waals surface area (Å²) in [5.74, 6) is 0.798. The van der Waals surface area contributed by atoms with Crippen LogP contribution in [-0.2, 0) is 0 Å². The molecule has 15 heavy (non-hydrogen) atoms. The van der Waals surface area contributed by atoms with Crippen molar-refractivity contribution in [2.75, 3.05) is 0 Å². The molecule has 78 valence electrons. The van der Waals surface area contributed by atoms with Gasteiger partial charge in [-0.2, -0.15) is 0 Å². The Hall–Kier alpha value is -0.730. The zero-order chi connectivity index (χ0) is 10.8. The Balaban J connectivity index is 2.43. The lowest BCUT2D eigenvalue weighted by atomic mass is 10.1. The molecule has 0 radical (unpaired) electrons. The number of alkyl halides is 1. The maximum atomic E-state index is 5.76. The zero-order valence-electron chi connectivity index (χ0n) is 8.21. The first-order valence-electron chi connectivity index (χ1n) is 4.65. The second-order valence-electron chi connectivity index (χ2n) is 3.31. The zero-order valence-corrected chi connectivity index (χ0v) is 10.5. The van der Waals surface area contributed by atoms with Crippen molar-refractivity contribution in [3.05, 3.63) is 40.9 Å². The molecule has 0 N–H and O–H groups in total. The fourth-order valence-electron chi connectivity index (χ4n) is 1.46. The van der Waals surface area contributed by atoms with E-state index in [-0.39, 0.29) is 5.56 Å². The van der Waals surface area contributed by atoms with E-state index in [1.165, 1.54) is 5.39 Å². The third-order valence-corrected chi connectivity index (χ3v) is 2.65. The number of rotatable bonds is 2. The van der Waals surface area contributed by atoms with Gasteiger partial charge in [0.15, 0.2) is 5.56 Å². The molecule has 0 heterocycles. The Morgan fingerprint density at radius 3 is 2.53 bits per heavy atom. The van der Waals surface area contributed by atoms with Crippen LogP contribution in [0.15, 0.2) is 40.9 Å². The summed E-state index contributed by atoms with van der Waals surface area (Å²) in [4.78, 5) is 0. The van der Waals surface area contributed by atoms with Gasteiger partial charge in [-0.1, -0.05) is 39.7 Å². The van der Waals surface area contributed by atoms with Crippen LogP contribution >= 0.6 is 27.5 Å². The standard InChI is InChI=1S/C12H10BrClO/c1-8(14)15-12-5-3-9-6-11(13)4-2-10(9)7-12/h2-8H,1H3. The summed E-state index contributed by atoms with van der Waals surface area (Å²) in [6.45, 7) is 1.80. The molecule has 0 fully saturated rings. The average molecular weight is 286 g/mol. The van der Waals surface area contributed by atoms with Gasteiger partial charge in [-0.05, 0) is 42.0 Å². The summed E-state index contributed by atoms with van der Waals surface area (Å²) in [6, 6.07) is 12.1. The first-order valence-corrected chi connectivity index (χ1v) is 5.88. The molecule has 2 rings (SSSR count). The number of hydrogen-bond acceptors (Lipinski definition) is 1. The van der Waals surface area contributed by atoms with Gasteiger partial charge in [0.1, 0.15) is 5.75 Å². The van der Waals surface area contributed by atoms with Crippen LogP contribution in [0.4, 0.5) is 0 Å². The molecule has 1 atom stereocenters. The molecule has 2 aromatic rings. The van der Waals surface area contributed by atoms with Crippen LogP contribution in [0, 0.1) is 0 Å². The van der Waals surface area contributed by atoms with Crippen molar-refractivity contribution in [2.24, 2.45) is 0 Å². The quantitative estimate of drug-likeness (QED) is 0.735. The highest BCUT2D eigenvalue weighted by Crippen LogP contribution is 2.24. The highest BCUT2D eigenvalue weighted by atomic mass is 79.9. The minimum atomic E-state index is -0.308. The number of fused-ring (bicyclic) bond motifs is 1. The largest absolute Gasteiger partial charge is 0.475 e. The summed E-state index contributed by atoms with van der Waals surface area (Å²) >= 11 is 9.20. The van der Waals surface area contributed by atoms with E-state index in [0.717, 1.165) is 15.6 Å². The van der Waals surface area contributed by atoms with Gasteiger partial charge in [-0.3, -0.25) is 0 Å². The molecule has 2 aromatic carbocycles. The Morgan fingerprint density at radius 1 is 1.13 bits per heavy atom. The van der Waals surface area contributed by atoms with E-state index < -0.39 is 0 Å². The van der Waals surface area contributed by atoms with Crippen molar-refractivity contribution >= 4 is 38.3 Å². The lowest BCUT2D eigenvalue weighted by Crippen LogP contribution is -2.01. The van der Waals surface area contributed by atoms with Gasteiger partial charge in [0.25, 0.3) is 0 Å². The molecule has 0 aliphatic heterocycles. The van der Waals surface area contributed by atoms with Gasteiger partial charge in [-0.25, -0.2) is 0 Å². The molecule has 0 amide bonds. The van der Waals surface area contributed by atoms with E-state index >= 15 is 0 Å². The van der Waals surface area contributed by atoms with Crippen LogP contribution in [0.2, 0.25) is 0 Å². The Bertz CT molecular complexity index is 482. The van der Waals surface area contributed by atoms with Gasteiger partial charge >= 0.3 is 0 Å². The molecule has 0 saturated carbocycles. The molecule has 3 heteroatoms. The molecule has 0 bridgehead atoms. The van der Waals surface area contributed by atoms with Crippen molar-refractivity contribution in [1.82, 2.24) is 0 Å². The molecule has 1 nitrogen and oxygen atoms in total. The molecule has 0 spiro atoms. The predicted molar refractivity (Wildman–Crippen MR) is 67.6 cm³/mol. The van der Waals surface area contributed by atoms with Crippen molar-refractivity contribution in [3.8, 4) is 5.75 Å². The van der Waals surface area contributed by atoms with E-state index in [0.29, 0.717) is 0 Å². The second-order valence-corrected chi connectivity index (χ2v) is 4.84.